The molecule has 11 heavy (non-hydrogen) atoms. The van der Waals surface area contributed by atoms with Gasteiger partial charge >= 0.3 is 0 Å². The topological polar surface area (TPSA) is 44.1 Å². The van der Waals surface area contributed by atoms with Crippen molar-refractivity contribution in [2.24, 2.45) is 0 Å². The van der Waals surface area contributed by atoms with Gasteiger partial charge in [-0.05, 0) is 0 Å². The van der Waals surface area contributed by atoms with Crippen LogP contribution in [0.15, 0.2) is 0 Å². The maximum atomic E-state index is 10.9. The summed E-state index contributed by atoms with van der Waals surface area (Å²) in [6, 6.07) is 2.11. The van der Waals surface area contributed by atoms with E-state index in [1.54, 1.807) is 0 Å². The number of rotatable bonds is 2. The molecule has 0 amide bonds. The van der Waals surface area contributed by atoms with E-state index in [1.165, 1.54) is 0 Å². The van der Waals surface area contributed by atoms with E-state index in [0.717, 1.165) is 31.1 Å². The highest BCUT2D eigenvalue weighted by Crippen LogP contribution is 1.99. The van der Waals surface area contributed by atoms with Gasteiger partial charge in [-0.15, -0.1) is 0 Å². The number of nitriles is 1. The molecule has 0 unspecified atom stereocenters. The lowest BCUT2D eigenvalue weighted by molar-refractivity contribution is 0.307. The highest BCUT2D eigenvalue weighted by Gasteiger charge is 2.13. The summed E-state index contributed by atoms with van der Waals surface area (Å²) >= 11 is 0. The van der Waals surface area contributed by atoms with Crippen LogP contribution in [-0.2, 0) is 10.8 Å². The molecule has 1 aliphatic rings. The minimum Gasteiger partial charge on any atom is -0.300 e. The molecule has 0 aromatic heterocycles. The Hall–Kier alpha value is -0.400. The number of hydrogen-bond donors (Lipinski definition) is 0. The first-order valence-corrected chi connectivity index (χ1v) is 5.26. The molecule has 4 heteroatoms. The predicted octanol–water partition coefficient (Wildman–Crippen LogP) is -0.0356. The Balaban J connectivity index is 2.18. The minimum absolute atomic E-state index is 0.590. The first-order valence-electron chi connectivity index (χ1n) is 3.77. The summed E-state index contributed by atoms with van der Waals surface area (Å²) in [6.45, 7) is 2.64. The molecule has 0 saturated carbocycles. The van der Waals surface area contributed by atoms with E-state index in [-0.39, 0.29) is 0 Å². The van der Waals surface area contributed by atoms with E-state index in [4.69, 9.17) is 5.26 Å². The van der Waals surface area contributed by atoms with E-state index in [1.807, 2.05) is 0 Å². The fourth-order valence-corrected chi connectivity index (χ4v) is 2.24. The molecule has 0 bridgehead atoms. The highest BCUT2D eigenvalue weighted by atomic mass is 32.2. The van der Waals surface area contributed by atoms with Crippen LogP contribution in [0.25, 0.3) is 0 Å². The second-order valence-corrected chi connectivity index (χ2v) is 4.29. The maximum absolute atomic E-state index is 10.9. The smallest absolute Gasteiger partial charge is 0.0635 e. The van der Waals surface area contributed by atoms with Crippen molar-refractivity contribution in [3.05, 3.63) is 0 Å². The molecule has 1 saturated heterocycles. The third-order valence-electron chi connectivity index (χ3n) is 1.81. The summed E-state index contributed by atoms with van der Waals surface area (Å²) in [5, 5.41) is 8.31. The molecule has 3 nitrogen and oxygen atoms in total. The Morgan fingerprint density at radius 3 is 2.64 bits per heavy atom. The zero-order valence-electron chi connectivity index (χ0n) is 6.45. The SMILES string of the molecule is N#CCCN1CCS(=O)CC1. The van der Waals surface area contributed by atoms with E-state index in [9.17, 15) is 4.21 Å². The normalized spacial score (nSPS) is 21.4. The summed E-state index contributed by atoms with van der Waals surface area (Å²) in [5.74, 6) is 1.57. The number of hydrogen-bond acceptors (Lipinski definition) is 3. The van der Waals surface area contributed by atoms with Crippen molar-refractivity contribution < 1.29 is 4.21 Å². The minimum atomic E-state index is -0.591. The molecular weight excluding hydrogens is 160 g/mol. The van der Waals surface area contributed by atoms with Crippen LogP contribution in [0.5, 0.6) is 0 Å². The predicted molar refractivity (Wildman–Crippen MR) is 44.5 cm³/mol. The van der Waals surface area contributed by atoms with Gasteiger partial charge in [0, 0.05) is 48.4 Å². The van der Waals surface area contributed by atoms with Gasteiger partial charge in [0.15, 0.2) is 0 Å². The average molecular weight is 172 g/mol. The van der Waals surface area contributed by atoms with E-state index in [2.05, 4.69) is 11.0 Å². The summed E-state index contributed by atoms with van der Waals surface area (Å²) in [7, 11) is -0.591. The van der Waals surface area contributed by atoms with Gasteiger partial charge in [0.25, 0.3) is 0 Å². The van der Waals surface area contributed by atoms with Crippen molar-refractivity contribution in [3.8, 4) is 6.07 Å². The molecule has 0 N–H and O–H groups in total. The Kier molecular flexibility index (Phi) is 3.53. The lowest BCUT2D eigenvalue weighted by Gasteiger charge is -2.24. The highest BCUT2D eigenvalue weighted by molar-refractivity contribution is 7.85. The van der Waals surface area contributed by atoms with Crippen LogP contribution in [-0.4, -0.2) is 40.2 Å². The van der Waals surface area contributed by atoms with Crippen molar-refractivity contribution in [2.75, 3.05) is 31.1 Å². The summed E-state index contributed by atoms with van der Waals surface area (Å²) in [6.07, 6.45) is 0.590. The number of nitrogens with zero attached hydrogens (tertiary/aromatic N) is 2. The molecule has 0 aromatic carbocycles. The van der Waals surface area contributed by atoms with Gasteiger partial charge in [0.05, 0.1) is 6.07 Å². The lowest BCUT2D eigenvalue weighted by Crippen LogP contribution is -2.38. The van der Waals surface area contributed by atoms with Crippen LogP contribution in [0.2, 0.25) is 0 Å². The first kappa shape index (κ1) is 8.69. The molecule has 62 valence electrons. The van der Waals surface area contributed by atoms with Crippen molar-refractivity contribution in [1.29, 1.82) is 5.26 Å². The Morgan fingerprint density at radius 2 is 2.09 bits per heavy atom. The molecule has 0 aliphatic carbocycles. The van der Waals surface area contributed by atoms with Gasteiger partial charge in [-0.3, -0.25) is 4.21 Å². The van der Waals surface area contributed by atoms with Crippen molar-refractivity contribution in [3.63, 3.8) is 0 Å². The van der Waals surface area contributed by atoms with Crippen LogP contribution in [0.3, 0.4) is 0 Å². The van der Waals surface area contributed by atoms with Gasteiger partial charge in [0.2, 0.25) is 0 Å². The second kappa shape index (κ2) is 4.47. The largest absolute Gasteiger partial charge is 0.300 e. The molecule has 1 aliphatic heterocycles. The maximum Gasteiger partial charge on any atom is 0.0635 e. The second-order valence-electron chi connectivity index (χ2n) is 2.60. The van der Waals surface area contributed by atoms with Crippen molar-refractivity contribution in [1.82, 2.24) is 4.90 Å². The first-order chi connectivity index (χ1) is 5.33. The third-order valence-corrected chi connectivity index (χ3v) is 3.09. The monoisotopic (exact) mass is 172 g/mol. The standard InChI is InChI=1S/C7H12N2OS/c8-2-1-3-9-4-6-11(10)7-5-9/h1,3-7H2. The zero-order valence-corrected chi connectivity index (χ0v) is 7.27. The fourth-order valence-electron chi connectivity index (χ4n) is 1.11. The lowest BCUT2D eigenvalue weighted by atomic mass is 10.4. The van der Waals surface area contributed by atoms with E-state index < -0.39 is 10.8 Å². The average Bonchev–Trinajstić information content (AvgIpc) is 2.04. The van der Waals surface area contributed by atoms with Gasteiger partial charge in [0.1, 0.15) is 0 Å². The van der Waals surface area contributed by atoms with E-state index >= 15 is 0 Å². The van der Waals surface area contributed by atoms with Crippen molar-refractivity contribution in [2.45, 2.75) is 6.42 Å². The Labute approximate surface area is 69.4 Å². The quantitative estimate of drug-likeness (QED) is 0.587. The molecule has 0 atom stereocenters. The van der Waals surface area contributed by atoms with Crippen LogP contribution < -0.4 is 0 Å². The van der Waals surface area contributed by atoms with E-state index in [0.29, 0.717) is 6.42 Å². The van der Waals surface area contributed by atoms with Gasteiger partial charge in [-0.25, -0.2) is 0 Å². The molecule has 0 radical (unpaired) electrons. The zero-order chi connectivity index (χ0) is 8.10. The fraction of sp³-hybridized carbons (Fsp3) is 0.857. The van der Waals surface area contributed by atoms with Crippen LogP contribution in [0.4, 0.5) is 0 Å². The van der Waals surface area contributed by atoms with Gasteiger partial charge < -0.3 is 4.90 Å². The van der Waals surface area contributed by atoms with Gasteiger partial charge in [-0.2, -0.15) is 5.26 Å². The van der Waals surface area contributed by atoms with Crippen LogP contribution in [0, 0.1) is 11.3 Å². The summed E-state index contributed by atoms with van der Waals surface area (Å²) in [4.78, 5) is 2.20. The molecule has 1 heterocycles. The van der Waals surface area contributed by atoms with Crippen LogP contribution >= 0.6 is 0 Å². The Bertz CT molecular complexity index is 177. The molecular formula is C7H12N2OS. The third kappa shape index (κ3) is 3.00. The van der Waals surface area contributed by atoms with Gasteiger partial charge in [-0.1, -0.05) is 0 Å². The van der Waals surface area contributed by atoms with Crippen molar-refractivity contribution >= 4 is 10.8 Å². The molecule has 1 rings (SSSR count). The molecule has 1 fully saturated rings. The van der Waals surface area contributed by atoms with Crippen LogP contribution in [0.1, 0.15) is 6.42 Å². The molecule has 0 spiro atoms. The summed E-state index contributed by atoms with van der Waals surface area (Å²) < 4.78 is 10.9. The summed E-state index contributed by atoms with van der Waals surface area (Å²) in [5.41, 5.74) is 0. The molecule has 0 aromatic rings. The Morgan fingerprint density at radius 1 is 1.45 bits per heavy atom.